The topological polar surface area (TPSA) is 32.3 Å². The van der Waals surface area contributed by atoms with Crippen LogP contribution in [0.5, 0.6) is 0 Å². The highest BCUT2D eigenvalue weighted by Gasteiger charge is 1.96. The molecule has 2 heteroatoms. The van der Waals surface area contributed by atoms with Gasteiger partial charge >= 0.3 is 0 Å². The van der Waals surface area contributed by atoms with Crippen LogP contribution < -0.4 is 5.32 Å². The van der Waals surface area contributed by atoms with Gasteiger partial charge in [0, 0.05) is 0 Å². The molecule has 1 atom stereocenters. The second kappa shape index (κ2) is 6.05. The van der Waals surface area contributed by atoms with Crippen molar-refractivity contribution in [3.05, 3.63) is 0 Å². The molecule has 0 saturated heterocycles. The van der Waals surface area contributed by atoms with Gasteiger partial charge < -0.3 is 5.11 Å². The molecule has 0 spiro atoms. The Hall–Kier alpha value is -0.0800. The van der Waals surface area contributed by atoms with Crippen molar-refractivity contribution in [1.82, 2.24) is 5.32 Å². The average molecular weight is 131 g/mol. The molecule has 0 aromatic carbocycles. The van der Waals surface area contributed by atoms with Crippen molar-refractivity contribution in [2.75, 3.05) is 7.05 Å². The van der Waals surface area contributed by atoms with Crippen molar-refractivity contribution in [2.24, 2.45) is 0 Å². The highest BCUT2D eigenvalue weighted by atomic mass is 16.3. The molecule has 0 aliphatic carbocycles. The Morgan fingerprint density at radius 1 is 1.44 bits per heavy atom. The predicted octanol–water partition coefficient (Wildman–Crippen LogP) is 1.10. The van der Waals surface area contributed by atoms with E-state index in [9.17, 15) is 0 Å². The van der Waals surface area contributed by atoms with Crippen LogP contribution in [0.3, 0.4) is 0 Å². The molecule has 1 unspecified atom stereocenters. The number of nitrogens with one attached hydrogen (secondary N) is 1. The number of hydrogen-bond donors (Lipinski definition) is 2. The van der Waals surface area contributed by atoms with Crippen molar-refractivity contribution in [3.63, 3.8) is 0 Å². The van der Waals surface area contributed by atoms with E-state index in [1.165, 1.54) is 12.8 Å². The maximum Gasteiger partial charge on any atom is 0.104 e. The van der Waals surface area contributed by atoms with E-state index in [4.69, 9.17) is 5.11 Å². The van der Waals surface area contributed by atoms with Gasteiger partial charge in [0.2, 0.25) is 0 Å². The highest BCUT2D eigenvalue weighted by molar-refractivity contribution is 4.48. The van der Waals surface area contributed by atoms with Gasteiger partial charge in [0.1, 0.15) is 6.23 Å². The van der Waals surface area contributed by atoms with Crippen LogP contribution in [-0.2, 0) is 0 Å². The van der Waals surface area contributed by atoms with E-state index in [0.717, 1.165) is 12.8 Å². The van der Waals surface area contributed by atoms with Crippen LogP contribution in [0.25, 0.3) is 0 Å². The summed E-state index contributed by atoms with van der Waals surface area (Å²) in [6, 6.07) is 0. The average Bonchev–Trinajstić information content (AvgIpc) is 1.89. The Balaban J connectivity index is 2.88. The van der Waals surface area contributed by atoms with Gasteiger partial charge in [0.05, 0.1) is 0 Å². The molecule has 0 aromatic heterocycles. The molecule has 0 fully saturated rings. The van der Waals surface area contributed by atoms with Crippen molar-refractivity contribution in [1.29, 1.82) is 0 Å². The van der Waals surface area contributed by atoms with Crippen LogP contribution in [0.1, 0.15) is 32.6 Å². The van der Waals surface area contributed by atoms with E-state index in [0.29, 0.717) is 0 Å². The zero-order valence-corrected chi connectivity index (χ0v) is 6.35. The normalized spacial score (nSPS) is 13.7. The fourth-order valence-electron chi connectivity index (χ4n) is 0.732. The molecule has 56 valence electrons. The predicted molar refractivity (Wildman–Crippen MR) is 39.2 cm³/mol. The Morgan fingerprint density at radius 2 is 2.11 bits per heavy atom. The Morgan fingerprint density at radius 3 is 2.56 bits per heavy atom. The first-order chi connectivity index (χ1) is 4.31. The van der Waals surface area contributed by atoms with Gasteiger partial charge in [-0.25, -0.2) is 0 Å². The number of aliphatic hydroxyl groups is 1. The van der Waals surface area contributed by atoms with Gasteiger partial charge in [-0.05, 0) is 19.9 Å². The van der Waals surface area contributed by atoms with Crippen molar-refractivity contribution in [3.8, 4) is 0 Å². The third kappa shape index (κ3) is 5.80. The number of aliphatic hydroxyl groups excluding tert-OH is 1. The molecule has 0 aliphatic heterocycles. The van der Waals surface area contributed by atoms with E-state index in [-0.39, 0.29) is 6.23 Å². The van der Waals surface area contributed by atoms with E-state index in [1.807, 2.05) is 0 Å². The maximum atomic E-state index is 8.97. The summed E-state index contributed by atoms with van der Waals surface area (Å²) in [5.74, 6) is 0. The molecule has 0 aromatic rings. The summed E-state index contributed by atoms with van der Waals surface area (Å²) in [7, 11) is 1.77. The molecule has 0 aliphatic rings. The largest absolute Gasteiger partial charge is 0.379 e. The van der Waals surface area contributed by atoms with Gasteiger partial charge in [-0.2, -0.15) is 0 Å². The van der Waals surface area contributed by atoms with Crippen LogP contribution in [0.2, 0.25) is 0 Å². The first kappa shape index (κ1) is 8.92. The number of hydrogen-bond acceptors (Lipinski definition) is 2. The van der Waals surface area contributed by atoms with Crippen molar-refractivity contribution in [2.45, 2.75) is 38.8 Å². The first-order valence-corrected chi connectivity index (χ1v) is 3.66. The lowest BCUT2D eigenvalue weighted by Gasteiger charge is -2.06. The monoisotopic (exact) mass is 131 g/mol. The van der Waals surface area contributed by atoms with Crippen molar-refractivity contribution >= 4 is 0 Å². The Bertz CT molecular complexity index is 56.9. The summed E-state index contributed by atoms with van der Waals surface area (Å²) < 4.78 is 0. The zero-order chi connectivity index (χ0) is 7.11. The third-order valence-corrected chi connectivity index (χ3v) is 1.41. The van der Waals surface area contributed by atoms with Gasteiger partial charge in [0.25, 0.3) is 0 Å². The number of unbranched alkanes of at least 4 members (excludes halogenated alkanes) is 2. The molecule has 0 saturated carbocycles. The molecule has 2 N–H and O–H groups in total. The quantitative estimate of drug-likeness (QED) is 0.432. The SMILES string of the molecule is CCCCCC(O)NC. The summed E-state index contributed by atoms with van der Waals surface area (Å²) in [5, 5.41) is 11.8. The minimum Gasteiger partial charge on any atom is -0.379 e. The third-order valence-electron chi connectivity index (χ3n) is 1.41. The molecular weight excluding hydrogens is 114 g/mol. The fraction of sp³-hybridized carbons (Fsp3) is 1.00. The maximum absolute atomic E-state index is 8.97. The van der Waals surface area contributed by atoms with Gasteiger partial charge in [-0.3, -0.25) is 5.32 Å². The molecule has 0 amide bonds. The summed E-state index contributed by atoms with van der Waals surface area (Å²) >= 11 is 0. The van der Waals surface area contributed by atoms with Crippen LogP contribution in [0.15, 0.2) is 0 Å². The van der Waals surface area contributed by atoms with E-state index in [2.05, 4.69) is 12.2 Å². The lowest BCUT2D eigenvalue weighted by molar-refractivity contribution is 0.134. The van der Waals surface area contributed by atoms with E-state index >= 15 is 0 Å². The van der Waals surface area contributed by atoms with E-state index in [1.54, 1.807) is 7.05 Å². The molecule has 0 radical (unpaired) electrons. The summed E-state index contributed by atoms with van der Waals surface area (Å²) in [5.41, 5.74) is 0. The minimum absolute atomic E-state index is 0.295. The molecule has 2 nitrogen and oxygen atoms in total. The standard InChI is InChI=1S/C7H17NO/c1-3-4-5-6-7(9)8-2/h7-9H,3-6H2,1-2H3. The summed E-state index contributed by atoms with van der Waals surface area (Å²) in [6.45, 7) is 2.16. The lowest BCUT2D eigenvalue weighted by Crippen LogP contribution is -2.23. The number of rotatable bonds is 5. The van der Waals surface area contributed by atoms with Crippen LogP contribution in [0, 0.1) is 0 Å². The summed E-state index contributed by atoms with van der Waals surface area (Å²) in [4.78, 5) is 0. The first-order valence-electron chi connectivity index (χ1n) is 3.66. The van der Waals surface area contributed by atoms with Crippen LogP contribution in [0.4, 0.5) is 0 Å². The second-order valence-electron chi connectivity index (χ2n) is 2.30. The van der Waals surface area contributed by atoms with E-state index < -0.39 is 0 Å². The second-order valence-corrected chi connectivity index (χ2v) is 2.30. The minimum atomic E-state index is -0.295. The van der Waals surface area contributed by atoms with Crippen molar-refractivity contribution < 1.29 is 5.11 Å². The molecule has 0 heterocycles. The Labute approximate surface area is 57.3 Å². The van der Waals surface area contributed by atoms with Crippen LogP contribution in [-0.4, -0.2) is 18.4 Å². The highest BCUT2D eigenvalue weighted by Crippen LogP contribution is 2.00. The molecule has 0 rings (SSSR count). The van der Waals surface area contributed by atoms with Gasteiger partial charge in [-0.1, -0.05) is 19.8 Å². The smallest absolute Gasteiger partial charge is 0.104 e. The molecule has 9 heavy (non-hydrogen) atoms. The Kier molecular flexibility index (Phi) is 5.99. The summed E-state index contributed by atoms with van der Waals surface area (Å²) in [6.07, 6.45) is 4.15. The van der Waals surface area contributed by atoms with Gasteiger partial charge in [-0.15, -0.1) is 0 Å². The fourth-order valence-corrected chi connectivity index (χ4v) is 0.732. The lowest BCUT2D eigenvalue weighted by atomic mass is 10.2. The van der Waals surface area contributed by atoms with Gasteiger partial charge in [0.15, 0.2) is 0 Å². The molecule has 0 bridgehead atoms. The van der Waals surface area contributed by atoms with Crippen LogP contribution >= 0.6 is 0 Å². The molecular formula is C7H17NO. The zero-order valence-electron chi connectivity index (χ0n) is 6.35.